The van der Waals surface area contributed by atoms with E-state index in [9.17, 15) is 4.79 Å². The van der Waals surface area contributed by atoms with Crippen LogP contribution in [0.15, 0.2) is 64.2 Å². The molecule has 8 nitrogen and oxygen atoms in total. The maximum Gasteiger partial charge on any atom is 0.283 e. The van der Waals surface area contributed by atoms with Crippen molar-refractivity contribution < 1.29 is 14.3 Å². The third kappa shape index (κ3) is 4.23. The number of rotatable bonds is 7. The number of nitrogens with one attached hydrogen (secondary N) is 1. The lowest BCUT2D eigenvalue weighted by molar-refractivity contribution is -0.114. The van der Waals surface area contributed by atoms with Gasteiger partial charge in [0.25, 0.3) is 5.91 Å². The number of amides is 1. The summed E-state index contributed by atoms with van der Waals surface area (Å²) in [5.41, 5.74) is 3.14. The highest BCUT2D eigenvalue weighted by molar-refractivity contribution is 8.26. The van der Waals surface area contributed by atoms with E-state index in [1.54, 1.807) is 13.2 Å². The summed E-state index contributed by atoms with van der Waals surface area (Å²) in [6, 6.07) is 15.6. The maximum atomic E-state index is 12.9. The SMILES string of the molecule is CCC1=NN2C(=N)/C(=C\c3c(C)n(CCOc4cccc(OC)c4)c4ccccc34)C(=O)N=C2S1. The van der Waals surface area contributed by atoms with Crippen molar-refractivity contribution in [1.29, 1.82) is 5.41 Å². The van der Waals surface area contributed by atoms with Crippen LogP contribution in [0.1, 0.15) is 24.6 Å². The van der Waals surface area contributed by atoms with Gasteiger partial charge in [0.05, 0.1) is 19.2 Å². The Labute approximate surface area is 207 Å². The Morgan fingerprint density at radius 3 is 2.74 bits per heavy atom. The molecule has 0 unspecified atom stereocenters. The van der Waals surface area contributed by atoms with Gasteiger partial charge in [-0.05, 0) is 49.4 Å². The van der Waals surface area contributed by atoms with E-state index < -0.39 is 5.91 Å². The van der Waals surface area contributed by atoms with Gasteiger partial charge >= 0.3 is 0 Å². The quantitative estimate of drug-likeness (QED) is 0.470. The predicted octanol–water partition coefficient (Wildman–Crippen LogP) is 5.07. The van der Waals surface area contributed by atoms with Crippen molar-refractivity contribution in [2.24, 2.45) is 10.1 Å². The van der Waals surface area contributed by atoms with Crippen LogP contribution in [0.3, 0.4) is 0 Å². The van der Waals surface area contributed by atoms with Gasteiger partial charge < -0.3 is 14.0 Å². The Kier molecular flexibility index (Phi) is 6.17. The zero-order valence-corrected chi connectivity index (χ0v) is 20.6. The van der Waals surface area contributed by atoms with E-state index in [-0.39, 0.29) is 11.4 Å². The molecule has 2 aliphatic rings. The fourth-order valence-corrected chi connectivity index (χ4v) is 5.02. The first-order chi connectivity index (χ1) is 17.0. The highest BCUT2D eigenvalue weighted by Gasteiger charge is 2.35. The Bertz CT molecular complexity index is 1440. The van der Waals surface area contributed by atoms with Gasteiger partial charge in [-0.3, -0.25) is 10.2 Å². The molecular weight excluding hydrogens is 462 g/mol. The van der Waals surface area contributed by atoms with Gasteiger partial charge in [0.1, 0.15) is 23.1 Å². The molecule has 0 atom stereocenters. The van der Waals surface area contributed by atoms with Gasteiger partial charge in [-0.15, -0.1) is 0 Å². The summed E-state index contributed by atoms with van der Waals surface area (Å²) < 4.78 is 13.4. The van der Waals surface area contributed by atoms with Crippen molar-refractivity contribution in [3.05, 3.63) is 65.4 Å². The zero-order valence-electron chi connectivity index (χ0n) is 19.7. The number of hydrogen-bond acceptors (Lipinski definition) is 6. The highest BCUT2D eigenvalue weighted by Crippen LogP contribution is 2.32. The van der Waals surface area contributed by atoms with E-state index in [0.717, 1.165) is 45.1 Å². The van der Waals surface area contributed by atoms with Crippen LogP contribution in [0.25, 0.3) is 17.0 Å². The van der Waals surface area contributed by atoms with Crippen molar-refractivity contribution in [2.45, 2.75) is 26.8 Å². The molecule has 0 saturated heterocycles. The second-order valence-electron chi connectivity index (χ2n) is 8.06. The molecule has 1 amide bonds. The van der Waals surface area contributed by atoms with E-state index in [1.165, 1.54) is 16.8 Å². The lowest BCUT2D eigenvalue weighted by atomic mass is 10.1. The minimum Gasteiger partial charge on any atom is -0.497 e. The Morgan fingerprint density at radius 1 is 1.14 bits per heavy atom. The summed E-state index contributed by atoms with van der Waals surface area (Å²) in [4.78, 5) is 17.0. The molecule has 35 heavy (non-hydrogen) atoms. The second-order valence-corrected chi connectivity index (χ2v) is 9.10. The normalized spacial score (nSPS) is 16.5. The minimum absolute atomic E-state index is 0.0496. The standard InChI is InChI=1S/C26H25N5O3S/c1-4-23-29-31-24(27)21(25(32)28-26(31)35-23)15-20-16(2)30(22-11-6-5-10-19(20)22)12-13-34-18-9-7-8-17(14-18)33-3/h5-11,14-15,27H,4,12-13H2,1-3H3/b21-15+,27-24?. The molecule has 0 bridgehead atoms. The number of aromatic nitrogens is 1. The van der Waals surface area contributed by atoms with Crippen molar-refractivity contribution in [3.63, 3.8) is 0 Å². The van der Waals surface area contributed by atoms with Crippen LogP contribution >= 0.6 is 11.8 Å². The van der Waals surface area contributed by atoms with Crippen LogP contribution in [0.2, 0.25) is 0 Å². The summed E-state index contributed by atoms with van der Waals surface area (Å²) >= 11 is 1.34. The minimum atomic E-state index is -0.418. The molecule has 1 aromatic heterocycles. The van der Waals surface area contributed by atoms with Gasteiger partial charge in [-0.25, -0.2) is 0 Å². The van der Waals surface area contributed by atoms with Crippen LogP contribution < -0.4 is 9.47 Å². The third-order valence-corrected chi connectivity index (χ3v) is 7.04. The van der Waals surface area contributed by atoms with Crippen LogP contribution in [-0.2, 0) is 11.3 Å². The fourth-order valence-electron chi connectivity index (χ4n) is 4.19. The molecule has 2 aliphatic heterocycles. The number of hydrazone groups is 1. The molecule has 3 aromatic rings. The molecule has 5 rings (SSSR count). The number of thioether (sulfide) groups is 1. The smallest absolute Gasteiger partial charge is 0.283 e. The summed E-state index contributed by atoms with van der Waals surface area (Å²) in [5.74, 6) is 1.12. The number of ether oxygens (including phenoxy) is 2. The third-order valence-electron chi connectivity index (χ3n) is 5.99. The molecule has 1 N–H and O–H groups in total. The number of carbonyl (C=O) groups excluding carboxylic acids is 1. The van der Waals surface area contributed by atoms with E-state index in [0.29, 0.717) is 18.3 Å². The van der Waals surface area contributed by atoms with Gasteiger partial charge in [-0.2, -0.15) is 15.1 Å². The number of para-hydroxylation sites is 1. The number of fused-ring (bicyclic) bond motifs is 2. The van der Waals surface area contributed by atoms with Crippen molar-refractivity contribution in [1.82, 2.24) is 9.58 Å². The van der Waals surface area contributed by atoms with E-state index >= 15 is 0 Å². The van der Waals surface area contributed by atoms with E-state index in [2.05, 4.69) is 20.7 Å². The molecule has 9 heteroatoms. The molecule has 3 heterocycles. The summed E-state index contributed by atoms with van der Waals surface area (Å²) in [6.45, 7) is 5.09. The second kappa shape index (κ2) is 9.42. The van der Waals surface area contributed by atoms with E-state index in [1.807, 2.05) is 56.3 Å². The van der Waals surface area contributed by atoms with E-state index in [4.69, 9.17) is 14.9 Å². The zero-order chi connectivity index (χ0) is 24.5. The number of benzene rings is 2. The van der Waals surface area contributed by atoms with Crippen LogP contribution in [0.5, 0.6) is 11.5 Å². The number of nitrogens with zero attached hydrogens (tertiary/aromatic N) is 4. The van der Waals surface area contributed by atoms with Crippen LogP contribution in [0, 0.1) is 12.3 Å². The Hall–Kier alpha value is -3.85. The average molecular weight is 488 g/mol. The largest absolute Gasteiger partial charge is 0.497 e. The average Bonchev–Trinajstić information content (AvgIpc) is 3.41. The number of methoxy groups -OCH3 is 1. The first-order valence-corrected chi connectivity index (χ1v) is 12.2. The molecule has 0 aliphatic carbocycles. The van der Waals surface area contributed by atoms with Crippen molar-refractivity contribution in [3.8, 4) is 11.5 Å². The Morgan fingerprint density at radius 2 is 1.94 bits per heavy atom. The lowest BCUT2D eigenvalue weighted by Gasteiger charge is -2.20. The number of hydrogen-bond donors (Lipinski definition) is 1. The molecule has 0 saturated carbocycles. The topological polar surface area (TPSA) is 92.3 Å². The molecule has 0 spiro atoms. The molecule has 2 aromatic carbocycles. The predicted molar refractivity (Wildman–Crippen MR) is 140 cm³/mol. The van der Waals surface area contributed by atoms with Gasteiger partial charge in [0.15, 0.2) is 5.84 Å². The summed E-state index contributed by atoms with van der Waals surface area (Å²) in [7, 11) is 1.63. The van der Waals surface area contributed by atoms with Crippen molar-refractivity contribution in [2.75, 3.05) is 13.7 Å². The number of amidine groups is 2. The number of carbonyl (C=O) groups is 1. The van der Waals surface area contributed by atoms with Crippen LogP contribution in [0.4, 0.5) is 0 Å². The molecular formula is C26H25N5O3S. The molecule has 0 radical (unpaired) electrons. The maximum absolute atomic E-state index is 12.9. The first kappa shape index (κ1) is 22.9. The highest BCUT2D eigenvalue weighted by atomic mass is 32.2. The van der Waals surface area contributed by atoms with Crippen molar-refractivity contribution >= 4 is 50.7 Å². The molecule has 178 valence electrons. The first-order valence-electron chi connectivity index (χ1n) is 11.3. The van der Waals surface area contributed by atoms with Gasteiger partial charge in [0, 0.05) is 28.2 Å². The van der Waals surface area contributed by atoms with Gasteiger partial charge in [-0.1, -0.05) is 31.2 Å². The fraction of sp³-hybridized carbons (Fsp3) is 0.231. The van der Waals surface area contributed by atoms with Gasteiger partial charge in [0.2, 0.25) is 5.17 Å². The Balaban J connectivity index is 1.46. The van der Waals surface area contributed by atoms with Crippen LogP contribution in [-0.4, -0.2) is 45.2 Å². The summed E-state index contributed by atoms with van der Waals surface area (Å²) in [6.07, 6.45) is 2.50. The number of aliphatic imine (C=N–C) groups is 1. The summed E-state index contributed by atoms with van der Waals surface area (Å²) in [5, 5.41) is 16.8. The molecule has 0 fully saturated rings. The lowest BCUT2D eigenvalue weighted by Crippen LogP contribution is -2.35. The monoisotopic (exact) mass is 487 g/mol.